The highest BCUT2D eigenvalue weighted by Crippen LogP contribution is 2.49. The molecule has 0 radical (unpaired) electrons. The minimum absolute atomic E-state index is 0.00858. The molecule has 29 nitrogen and oxygen atoms in total. The third-order valence-corrected chi connectivity index (χ3v) is 22.9. The van der Waals surface area contributed by atoms with E-state index in [4.69, 9.17) is 72.5 Å². The number of ether oxygens (including phenoxy) is 12. The van der Waals surface area contributed by atoms with Crippen LogP contribution in [0.4, 0.5) is 4.79 Å². The summed E-state index contributed by atoms with van der Waals surface area (Å²) >= 11 is 2.80. The Balaban J connectivity index is 1.11. The van der Waals surface area contributed by atoms with Crippen molar-refractivity contribution < 1.29 is 116 Å². The molecule has 1 aromatic rings. The molecule has 2 aliphatic carbocycles. The number of Topliss-reactive ketones (excluding diaryl/α,β-unsaturated/α-hetero) is 1. The molecule has 12 N–H and O–H groups in total. The number of hydrogen-bond acceptors (Lipinski definition) is 29. The average molecular weight is 1540 g/mol. The summed E-state index contributed by atoms with van der Waals surface area (Å²) in [5.41, 5.74) is 6.47. The number of hydrogen-bond donors (Lipinski definition) is 11. The average Bonchev–Trinajstić information content (AvgIpc) is 0.766. The van der Waals surface area contributed by atoms with Crippen LogP contribution >= 0.6 is 55.9 Å². The number of carbonyl (C=O) groups excluding carboxylic acids is 4. The van der Waals surface area contributed by atoms with Crippen LogP contribution in [0.1, 0.15) is 96.0 Å². The largest absolute Gasteiger partial charge is 0.492 e. The van der Waals surface area contributed by atoms with Gasteiger partial charge in [-0.15, -0.1) is 0 Å². The Hall–Kier alpha value is -4.39. The number of ketones is 1. The Morgan fingerprint density at radius 1 is 0.897 bits per heavy atom. The number of benzene rings is 1. The number of aliphatic hydroxyl groups is 5. The van der Waals surface area contributed by atoms with E-state index in [0.29, 0.717) is 22.1 Å². The summed E-state index contributed by atoms with van der Waals surface area (Å²) in [5.74, 6) is 9.51. The molecule has 2 bridgehead atoms. The summed E-state index contributed by atoms with van der Waals surface area (Å²) in [5, 5.41) is 75.1. The summed E-state index contributed by atoms with van der Waals surface area (Å²) in [7, 11) is 9.57. The minimum atomic E-state index is -2.18. The van der Waals surface area contributed by atoms with Crippen LogP contribution in [0.15, 0.2) is 35.1 Å². The smallest absolute Gasteiger partial charge is 0.411 e. The first kappa shape index (κ1) is 79.9. The molecule has 4 fully saturated rings. The lowest BCUT2D eigenvalue weighted by Gasteiger charge is -2.46. The van der Waals surface area contributed by atoms with E-state index in [9.17, 15) is 49.5 Å². The van der Waals surface area contributed by atoms with Crippen LogP contribution < -0.4 is 41.4 Å². The van der Waals surface area contributed by atoms with E-state index in [2.05, 4.69) is 45.1 Å². The lowest BCUT2D eigenvalue weighted by Crippen LogP contribution is -2.65. The maximum atomic E-state index is 14.5. The number of halogens is 1. The molecule has 7 rings (SSSR count). The van der Waals surface area contributed by atoms with Gasteiger partial charge in [-0.05, 0) is 101 Å². The zero-order valence-corrected chi connectivity index (χ0v) is 60.6. The molecule has 20 atom stereocenters. The number of methoxy groups -OCH3 is 5. The lowest BCUT2D eigenvalue weighted by atomic mass is 9.75. The van der Waals surface area contributed by atoms with Crippen LogP contribution in [0.25, 0.3) is 0 Å². The van der Waals surface area contributed by atoms with Crippen molar-refractivity contribution in [2.75, 3.05) is 61.0 Å². The number of aliphatic carboxylic acids is 1. The molecule has 540 valence electrons. The molecule has 6 aliphatic rings. The number of nitrogens with one attached hydrogen (secondary N) is 4. The Labute approximate surface area is 589 Å². The molecule has 4 heterocycles. The summed E-state index contributed by atoms with van der Waals surface area (Å²) in [6, 6.07) is -2.52. The number of aliphatic hydroxyl groups excluding tert-OH is 4. The van der Waals surface area contributed by atoms with Gasteiger partial charge in [-0.3, -0.25) is 29.3 Å². The molecule has 97 heavy (non-hydrogen) atoms. The maximum absolute atomic E-state index is 14.5. The highest BCUT2D eigenvalue weighted by Gasteiger charge is 2.52. The van der Waals surface area contributed by atoms with Crippen molar-refractivity contribution in [3.05, 3.63) is 49.8 Å². The Morgan fingerprint density at radius 3 is 2.27 bits per heavy atom. The summed E-state index contributed by atoms with van der Waals surface area (Å²) in [6.45, 7) is 13.5. The third-order valence-electron chi connectivity index (χ3n) is 17.0. The first-order valence-electron chi connectivity index (χ1n) is 31.5. The maximum Gasteiger partial charge on any atom is 0.411 e. The van der Waals surface area contributed by atoms with E-state index in [1.165, 1.54) is 55.1 Å². The third kappa shape index (κ3) is 20.0. The fraction of sp³-hybridized carbons (Fsp3) is 0.672. The Kier molecular flexibility index (Phi) is 30.1. The molecule has 0 aromatic heterocycles. The normalized spacial score (nSPS) is 33.1. The van der Waals surface area contributed by atoms with Gasteiger partial charge in [0, 0.05) is 61.7 Å². The van der Waals surface area contributed by atoms with Crippen molar-refractivity contribution in [3.63, 3.8) is 0 Å². The fourth-order valence-electron chi connectivity index (χ4n) is 11.7. The molecule has 0 unspecified atom stereocenters. The van der Waals surface area contributed by atoms with Gasteiger partial charge in [-0.1, -0.05) is 70.0 Å². The Bertz CT molecular complexity index is 3170. The quantitative estimate of drug-likeness (QED) is 0.0180. The summed E-state index contributed by atoms with van der Waals surface area (Å²) in [4.78, 5) is 71.8. The van der Waals surface area contributed by atoms with Crippen molar-refractivity contribution in [3.8, 4) is 40.9 Å². The van der Waals surface area contributed by atoms with Crippen LogP contribution in [-0.4, -0.2) is 247 Å². The number of carboxylic acid groups (broad SMARTS) is 1. The SMILES string of the molecule is CCN[C@H]1CO[C@@H](O[C@H]2[C@H](O[C@H]3C#C/C=C\C#C[C@]4(O)CC(=O)C(NC(=O)OC)=C3/C4=C\CSSC(C)(C)CCNC(=O)CC[C@@H](N)C(=O)O)O[C@H](C)[C@@H](NO[C@H]3C[C@H](O)[C@H](SC(=O)c4c(C)c(I)c(O[C@@H]5O[C@@H](C)[C@H](O)[C@@H](OC)[C@H]5O)c(OC)c4OC)[C@@H](C)O3)[C@@H]2O)C[C@@H]1OC. The fourth-order valence-corrected chi connectivity index (χ4v) is 15.9. The molecule has 0 spiro atoms. The van der Waals surface area contributed by atoms with Gasteiger partial charge in [-0.2, -0.15) is 5.48 Å². The van der Waals surface area contributed by atoms with Gasteiger partial charge in [0.1, 0.15) is 42.7 Å². The van der Waals surface area contributed by atoms with E-state index < -0.39 is 149 Å². The van der Waals surface area contributed by atoms with Crippen molar-refractivity contribution in [1.29, 1.82) is 0 Å². The van der Waals surface area contributed by atoms with Crippen LogP contribution in [0.3, 0.4) is 0 Å². The number of likely N-dealkylation sites (N-methyl/N-ethyl adjacent to an activating group) is 1. The number of amides is 2. The monoisotopic (exact) mass is 1540 g/mol. The highest BCUT2D eigenvalue weighted by atomic mass is 127. The number of hydroxylamine groups is 1. The molecule has 33 heteroatoms. The first-order valence-corrected chi connectivity index (χ1v) is 35.8. The molecule has 0 saturated carbocycles. The van der Waals surface area contributed by atoms with Crippen molar-refractivity contribution in [2.24, 2.45) is 5.73 Å². The minimum Gasteiger partial charge on any atom is -0.492 e. The molecule has 1 aromatic carbocycles. The molecule has 4 saturated heterocycles. The molecule has 4 aliphatic heterocycles. The van der Waals surface area contributed by atoms with Gasteiger partial charge in [0.2, 0.25) is 23.1 Å². The first-order chi connectivity index (χ1) is 46.0. The van der Waals surface area contributed by atoms with Gasteiger partial charge in [0.25, 0.3) is 0 Å². The topological polar surface area (TPSA) is 401 Å². The van der Waals surface area contributed by atoms with Crippen molar-refractivity contribution >= 4 is 84.8 Å². The van der Waals surface area contributed by atoms with Gasteiger partial charge in [0.15, 0.2) is 41.8 Å². The summed E-state index contributed by atoms with van der Waals surface area (Å²) < 4.78 is 72.4. The lowest BCUT2D eigenvalue weighted by molar-refractivity contribution is -0.336. The molecular weight excluding hydrogens is 1450 g/mol. The van der Waals surface area contributed by atoms with Gasteiger partial charge < -0.3 is 104 Å². The second kappa shape index (κ2) is 36.5. The number of fused-ring (bicyclic) bond motifs is 2. The number of carbonyl (C=O) groups is 5. The molecule has 2 amide bonds. The highest BCUT2D eigenvalue weighted by molar-refractivity contribution is 14.1. The zero-order valence-electron chi connectivity index (χ0n) is 56.0. The van der Waals surface area contributed by atoms with E-state index in [-0.39, 0.29) is 96.2 Å². The van der Waals surface area contributed by atoms with E-state index in [1.54, 1.807) is 40.9 Å². The van der Waals surface area contributed by atoms with E-state index >= 15 is 0 Å². The number of rotatable bonds is 29. The molecular formula is C64H90IN5O24S3. The predicted molar refractivity (Wildman–Crippen MR) is 363 cm³/mol. The van der Waals surface area contributed by atoms with E-state index in [0.717, 1.165) is 18.9 Å². The zero-order chi connectivity index (χ0) is 71.2. The second-order valence-corrected chi connectivity index (χ2v) is 29.5. The van der Waals surface area contributed by atoms with Crippen LogP contribution in [-0.2, 0) is 61.9 Å². The van der Waals surface area contributed by atoms with Gasteiger partial charge >= 0.3 is 12.1 Å². The standard InChI is InChI=1S/C64H90IN5O24S3/c1-13-67-36-29-87-42(27-40(36)82-8)92-55-50(75)47(70-94-43-26-37(71)57(33(5)88-43)96-59(79)44-30(2)46(65)53(56(85-11)52(44)83-9)93-60-51(76)54(84-10)49(74)32(4)90-60)31(3)89-61(55)91-39-18-16-14-15-17-22-64(81)28-38(72)48(69-62(80)86-12)45(39)34(64)21-25-95-97-63(6,7)23-24-68-41(73)20-19-35(66)58(77)78/h14-15,21,31-33,35-37,39-40,42-43,47,49-51,54-55,57,60-61,67,70-71,74-76,81H,13,19-20,23-29,66H2,1-12H3,(H,68,73)(H,69,80)(H,77,78)/b15-14-,34-21+/t31-,32+,33-,35-,36+,37+,39+,40+,42+,43+,47-,49+,50+,51-,54-,55-,57-,60+,61+,64+/m1/s1. The van der Waals surface area contributed by atoms with Crippen molar-refractivity contribution in [1.82, 2.24) is 21.4 Å². The Morgan fingerprint density at radius 2 is 1.61 bits per heavy atom. The van der Waals surface area contributed by atoms with Crippen molar-refractivity contribution in [2.45, 2.75) is 213 Å². The predicted octanol–water partition coefficient (Wildman–Crippen LogP) is 2.40. The summed E-state index contributed by atoms with van der Waals surface area (Å²) in [6.07, 6.45) is -14.3. The second-order valence-electron chi connectivity index (χ2n) is 24.3. The van der Waals surface area contributed by atoms with Crippen LogP contribution in [0.2, 0.25) is 0 Å². The number of nitrogens with two attached hydrogens (primary N) is 1. The number of carboxylic acids is 1. The van der Waals surface area contributed by atoms with E-state index in [1.807, 2.05) is 43.4 Å². The van der Waals surface area contributed by atoms with Gasteiger partial charge in [0.05, 0.1) is 97.0 Å². The number of allylic oxidation sites excluding steroid dienone is 3. The van der Waals surface area contributed by atoms with Gasteiger partial charge in [-0.25, -0.2) is 4.79 Å². The number of alkyl carbamates (subject to hydrolysis) is 1. The van der Waals surface area contributed by atoms with Crippen LogP contribution in [0.5, 0.6) is 17.2 Å². The number of thioether (sulfide) groups is 1. The van der Waals surface area contributed by atoms with Crippen LogP contribution in [0, 0.1) is 34.2 Å².